The van der Waals surface area contributed by atoms with Crippen LogP contribution in [-0.4, -0.2) is 17.8 Å². The molecule has 2 nitrogen and oxygen atoms in total. The number of hydrogen-bond acceptors (Lipinski definition) is 1. The van der Waals surface area contributed by atoms with E-state index in [9.17, 15) is 4.79 Å². The molecule has 2 rings (SSSR count). The Labute approximate surface area is 137 Å². The van der Waals surface area contributed by atoms with Gasteiger partial charge in [-0.3, -0.25) is 4.79 Å². The van der Waals surface area contributed by atoms with Gasteiger partial charge in [-0.15, -0.1) is 11.6 Å². The van der Waals surface area contributed by atoms with Crippen molar-refractivity contribution in [3.8, 4) is 0 Å². The first kappa shape index (κ1) is 15.4. The number of carbonyl (C=O) groups excluding carboxylic acids is 1. The van der Waals surface area contributed by atoms with Crippen LogP contribution in [0.5, 0.6) is 0 Å². The van der Waals surface area contributed by atoms with Crippen LogP contribution < -0.4 is 5.32 Å². The van der Waals surface area contributed by atoms with E-state index in [1.54, 1.807) is 12.1 Å². The summed E-state index contributed by atoms with van der Waals surface area (Å²) in [5.41, 5.74) is 0.634. The van der Waals surface area contributed by atoms with E-state index in [2.05, 4.69) is 27.9 Å². The molecule has 0 saturated heterocycles. The normalized spacial score (nSPS) is 23.1. The molecule has 1 N–H and O–H groups in total. The van der Waals surface area contributed by atoms with Gasteiger partial charge in [0.25, 0.3) is 5.91 Å². The van der Waals surface area contributed by atoms with Gasteiger partial charge >= 0.3 is 0 Å². The summed E-state index contributed by atoms with van der Waals surface area (Å²) in [5, 5.41) is 3.75. The zero-order valence-corrected chi connectivity index (χ0v) is 14.1. The van der Waals surface area contributed by atoms with E-state index < -0.39 is 0 Å². The standard InChI is InChI=1S/C14H16Cl2INO/c15-10-5-6-13(17)11(7-10)14(19)18-8-9-3-1-2-4-12(9)16/h5-7,9,12H,1-4,8H2,(H,18,19). The Bertz CT molecular complexity index is 467. The summed E-state index contributed by atoms with van der Waals surface area (Å²) in [6, 6.07) is 5.34. The highest BCUT2D eigenvalue weighted by Crippen LogP contribution is 2.28. The second-order valence-electron chi connectivity index (χ2n) is 4.89. The molecule has 1 aromatic carbocycles. The number of amides is 1. The third-order valence-electron chi connectivity index (χ3n) is 3.51. The van der Waals surface area contributed by atoms with E-state index >= 15 is 0 Å². The molecule has 2 unspecified atom stereocenters. The summed E-state index contributed by atoms with van der Waals surface area (Å²) in [7, 11) is 0. The first-order valence-electron chi connectivity index (χ1n) is 6.45. The molecule has 0 bridgehead atoms. The van der Waals surface area contributed by atoms with E-state index in [-0.39, 0.29) is 11.3 Å². The van der Waals surface area contributed by atoms with Gasteiger partial charge in [0.05, 0.1) is 5.56 Å². The molecule has 2 atom stereocenters. The summed E-state index contributed by atoms with van der Waals surface area (Å²) in [6.07, 6.45) is 4.56. The van der Waals surface area contributed by atoms with Gasteiger partial charge in [-0.2, -0.15) is 0 Å². The minimum Gasteiger partial charge on any atom is -0.352 e. The van der Waals surface area contributed by atoms with Crippen LogP contribution in [0.3, 0.4) is 0 Å². The first-order valence-corrected chi connectivity index (χ1v) is 8.34. The molecule has 19 heavy (non-hydrogen) atoms. The predicted octanol–water partition coefficient (Wildman–Crippen LogP) is 4.47. The molecular weight excluding hydrogens is 396 g/mol. The van der Waals surface area contributed by atoms with Gasteiger partial charge in [0, 0.05) is 20.5 Å². The zero-order chi connectivity index (χ0) is 13.8. The second-order valence-corrected chi connectivity index (χ2v) is 7.05. The predicted molar refractivity (Wildman–Crippen MR) is 88.1 cm³/mol. The smallest absolute Gasteiger partial charge is 0.252 e. The van der Waals surface area contributed by atoms with Crippen LogP contribution >= 0.6 is 45.8 Å². The highest BCUT2D eigenvalue weighted by Gasteiger charge is 2.23. The summed E-state index contributed by atoms with van der Waals surface area (Å²) in [4.78, 5) is 12.1. The number of benzene rings is 1. The van der Waals surface area contributed by atoms with Crippen LogP contribution in [0, 0.1) is 9.49 Å². The SMILES string of the molecule is O=C(NCC1CCCCC1Cl)c1cc(Cl)ccc1I. The van der Waals surface area contributed by atoms with Crippen LogP contribution in [-0.2, 0) is 0 Å². The van der Waals surface area contributed by atoms with Gasteiger partial charge in [0.15, 0.2) is 0 Å². The molecule has 5 heteroatoms. The lowest BCUT2D eigenvalue weighted by Gasteiger charge is -2.27. The van der Waals surface area contributed by atoms with Crippen molar-refractivity contribution in [2.45, 2.75) is 31.1 Å². The number of alkyl halides is 1. The third-order valence-corrected chi connectivity index (χ3v) is 5.26. The summed E-state index contributed by atoms with van der Waals surface area (Å²) >= 11 is 14.4. The highest BCUT2D eigenvalue weighted by molar-refractivity contribution is 14.1. The molecule has 1 saturated carbocycles. The molecular formula is C14H16Cl2INO. The Kier molecular flexibility index (Phi) is 5.78. The molecule has 0 heterocycles. The maximum Gasteiger partial charge on any atom is 0.252 e. The van der Waals surface area contributed by atoms with Crippen LogP contribution in [0.1, 0.15) is 36.0 Å². The van der Waals surface area contributed by atoms with Crippen molar-refractivity contribution in [3.05, 3.63) is 32.4 Å². The van der Waals surface area contributed by atoms with Crippen LogP contribution in [0.25, 0.3) is 0 Å². The van der Waals surface area contributed by atoms with Crippen molar-refractivity contribution >= 4 is 51.7 Å². The van der Waals surface area contributed by atoms with Crippen LogP contribution in [0.15, 0.2) is 18.2 Å². The molecule has 0 aromatic heterocycles. The van der Waals surface area contributed by atoms with E-state index in [4.69, 9.17) is 23.2 Å². The Morgan fingerprint density at radius 1 is 1.37 bits per heavy atom. The van der Waals surface area contributed by atoms with Crippen molar-refractivity contribution in [1.82, 2.24) is 5.32 Å². The average Bonchev–Trinajstić information content (AvgIpc) is 2.40. The fourth-order valence-electron chi connectivity index (χ4n) is 2.38. The Morgan fingerprint density at radius 3 is 2.84 bits per heavy atom. The lowest BCUT2D eigenvalue weighted by atomic mass is 9.88. The second kappa shape index (κ2) is 7.14. The van der Waals surface area contributed by atoms with Crippen LogP contribution in [0.2, 0.25) is 5.02 Å². The first-order chi connectivity index (χ1) is 9.08. The van der Waals surface area contributed by atoms with Gasteiger partial charge in [0.1, 0.15) is 0 Å². The van der Waals surface area contributed by atoms with Gasteiger partial charge in [-0.25, -0.2) is 0 Å². The van der Waals surface area contributed by atoms with Gasteiger partial charge < -0.3 is 5.32 Å². The van der Waals surface area contributed by atoms with Gasteiger partial charge in [-0.05, 0) is 59.5 Å². The summed E-state index contributed by atoms with van der Waals surface area (Å²) in [6.45, 7) is 0.648. The fraction of sp³-hybridized carbons (Fsp3) is 0.500. The molecule has 0 radical (unpaired) electrons. The highest BCUT2D eigenvalue weighted by atomic mass is 127. The third kappa shape index (κ3) is 4.23. The summed E-state index contributed by atoms with van der Waals surface area (Å²) < 4.78 is 0.908. The number of carbonyl (C=O) groups is 1. The monoisotopic (exact) mass is 411 g/mol. The van der Waals surface area contributed by atoms with E-state index in [0.29, 0.717) is 23.0 Å². The molecule has 0 aliphatic heterocycles. The number of halogens is 3. The number of nitrogens with one attached hydrogen (secondary N) is 1. The fourth-order valence-corrected chi connectivity index (χ4v) is 3.50. The topological polar surface area (TPSA) is 29.1 Å². The zero-order valence-electron chi connectivity index (χ0n) is 10.5. The molecule has 104 valence electrons. The van der Waals surface area contributed by atoms with Crippen molar-refractivity contribution in [3.63, 3.8) is 0 Å². The Morgan fingerprint density at radius 2 is 2.11 bits per heavy atom. The largest absolute Gasteiger partial charge is 0.352 e. The molecule has 1 aromatic rings. The van der Waals surface area contributed by atoms with E-state index in [1.165, 1.54) is 12.8 Å². The maximum atomic E-state index is 12.1. The Balaban J connectivity index is 1.95. The maximum absolute atomic E-state index is 12.1. The van der Waals surface area contributed by atoms with Crippen molar-refractivity contribution in [1.29, 1.82) is 0 Å². The van der Waals surface area contributed by atoms with Crippen molar-refractivity contribution in [2.24, 2.45) is 5.92 Å². The van der Waals surface area contributed by atoms with E-state index in [1.807, 2.05) is 6.07 Å². The Hall–Kier alpha value is -0.000000000000000111. The minimum atomic E-state index is -0.0682. The lowest BCUT2D eigenvalue weighted by Crippen LogP contribution is -2.35. The minimum absolute atomic E-state index is 0.0682. The van der Waals surface area contributed by atoms with Crippen LogP contribution in [0.4, 0.5) is 0 Å². The summed E-state index contributed by atoms with van der Waals surface area (Å²) in [5.74, 6) is 0.317. The molecule has 1 aliphatic carbocycles. The number of rotatable bonds is 3. The molecule has 0 spiro atoms. The molecule has 1 aliphatic rings. The number of hydrogen-bond donors (Lipinski definition) is 1. The average molecular weight is 412 g/mol. The molecule has 1 amide bonds. The van der Waals surface area contributed by atoms with E-state index in [0.717, 1.165) is 16.4 Å². The quantitative estimate of drug-likeness (QED) is 0.576. The lowest BCUT2D eigenvalue weighted by molar-refractivity contribution is 0.0943. The van der Waals surface area contributed by atoms with Gasteiger partial charge in [0.2, 0.25) is 0 Å². The van der Waals surface area contributed by atoms with Crippen molar-refractivity contribution < 1.29 is 4.79 Å². The van der Waals surface area contributed by atoms with Crippen molar-refractivity contribution in [2.75, 3.05) is 6.54 Å². The molecule has 1 fully saturated rings. The van der Waals surface area contributed by atoms with Gasteiger partial charge in [-0.1, -0.05) is 24.4 Å².